The molecule has 0 aliphatic carbocycles. The van der Waals surface area contributed by atoms with Crippen molar-refractivity contribution in [3.8, 4) is 6.07 Å². The molecule has 3 rings (SSSR count). The molecule has 3 aromatic rings. The largest absolute Gasteiger partial charge is 0.345 e. The van der Waals surface area contributed by atoms with Gasteiger partial charge < -0.3 is 10.3 Å². The molecule has 0 aliphatic heterocycles. The molecule has 0 fully saturated rings. The number of aromatic nitrogens is 2. The summed E-state index contributed by atoms with van der Waals surface area (Å²) in [6.45, 7) is 0. The fourth-order valence-corrected chi connectivity index (χ4v) is 1.99. The van der Waals surface area contributed by atoms with Gasteiger partial charge in [0.15, 0.2) is 0 Å². The summed E-state index contributed by atoms with van der Waals surface area (Å²) in [6.07, 6.45) is 1.54. The van der Waals surface area contributed by atoms with Gasteiger partial charge in [0.1, 0.15) is 11.9 Å². The van der Waals surface area contributed by atoms with E-state index in [0.717, 1.165) is 17.1 Å². The number of carbonyl (C=O) groups excluding carboxylic acids is 1. The molecular weight excluding hydrogens is 271 g/mol. The first-order valence-electron chi connectivity index (χ1n) is 6.11. The van der Waals surface area contributed by atoms with Gasteiger partial charge in [-0.3, -0.25) is 4.79 Å². The molecule has 0 atom stereocenters. The van der Waals surface area contributed by atoms with Crippen molar-refractivity contribution in [3.05, 3.63) is 59.7 Å². The molecule has 5 nitrogen and oxygen atoms in total. The molecule has 2 N–H and O–H groups in total. The van der Waals surface area contributed by atoms with Gasteiger partial charge in [-0.1, -0.05) is 0 Å². The molecule has 0 unspecified atom stereocenters. The summed E-state index contributed by atoms with van der Waals surface area (Å²) >= 11 is 0. The molecule has 21 heavy (non-hydrogen) atoms. The standard InChI is InChI=1S/C15H9FN4O/c16-11-2-4-12(10(5-11)7-17)20-15(21)9-1-3-13-14(6-9)19-8-18-13/h1-6,8H,(H,18,19)(H,20,21). The van der Waals surface area contributed by atoms with Gasteiger partial charge in [0.25, 0.3) is 5.91 Å². The number of nitriles is 1. The third kappa shape index (κ3) is 2.44. The zero-order valence-electron chi connectivity index (χ0n) is 10.7. The van der Waals surface area contributed by atoms with Gasteiger partial charge in [0, 0.05) is 5.56 Å². The number of nitrogens with one attached hydrogen (secondary N) is 2. The normalized spacial score (nSPS) is 10.3. The lowest BCUT2D eigenvalue weighted by molar-refractivity contribution is 0.102. The summed E-state index contributed by atoms with van der Waals surface area (Å²) in [5, 5.41) is 11.6. The van der Waals surface area contributed by atoms with Gasteiger partial charge in [-0.05, 0) is 36.4 Å². The molecule has 1 heterocycles. The van der Waals surface area contributed by atoms with Crippen molar-refractivity contribution in [1.82, 2.24) is 9.97 Å². The smallest absolute Gasteiger partial charge is 0.255 e. The maximum absolute atomic E-state index is 13.1. The van der Waals surface area contributed by atoms with Crippen LogP contribution in [0.2, 0.25) is 0 Å². The summed E-state index contributed by atoms with van der Waals surface area (Å²) in [7, 11) is 0. The minimum absolute atomic E-state index is 0.0750. The zero-order chi connectivity index (χ0) is 14.8. The van der Waals surface area contributed by atoms with Crippen LogP contribution in [0.1, 0.15) is 15.9 Å². The van der Waals surface area contributed by atoms with Gasteiger partial charge in [-0.15, -0.1) is 0 Å². The van der Waals surface area contributed by atoms with Crippen LogP contribution in [0.4, 0.5) is 10.1 Å². The van der Waals surface area contributed by atoms with Crippen molar-refractivity contribution in [1.29, 1.82) is 5.26 Å². The second kappa shape index (κ2) is 5.06. The number of hydrogen-bond donors (Lipinski definition) is 2. The van der Waals surface area contributed by atoms with E-state index in [0.29, 0.717) is 5.56 Å². The minimum atomic E-state index is -0.525. The molecule has 0 radical (unpaired) electrons. The molecule has 0 saturated carbocycles. The molecule has 6 heteroatoms. The van der Waals surface area contributed by atoms with Gasteiger partial charge in [-0.25, -0.2) is 9.37 Å². The van der Waals surface area contributed by atoms with Gasteiger partial charge in [-0.2, -0.15) is 5.26 Å². The number of nitrogens with zero attached hydrogens (tertiary/aromatic N) is 2. The van der Waals surface area contributed by atoms with E-state index >= 15 is 0 Å². The van der Waals surface area contributed by atoms with E-state index in [1.807, 2.05) is 6.07 Å². The van der Waals surface area contributed by atoms with E-state index in [1.54, 1.807) is 24.5 Å². The number of anilines is 1. The number of H-pyrrole nitrogens is 1. The van der Waals surface area contributed by atoms with Crippen LogP contribution in [-0.4, -0.2) is 15.9 Å². The van der Waals surface area contributed by atoms with E-state index in [-0.39, 0.29) is 17.2 Å². The van der Waals surface area contributed by atoms with Crippen molar-refractivity contribution in [3.63, 3.8) is 0 Å². The lowest BCUT2D eigenvalue weighted by Crippen LogP contribution is -2.12. The van der Waals surface area contributed by atoms with Crippen LogP contribution in [0.15, 0.2) is 42.7 Å². The number of benzene rings is 2. The van der Waals surface area contributed by atoms with E-state index in [4.69, 9.17) is 5.26 Å². The zero-order valence-corrected chi connectivity index (χ0v) is 10.7. The highest BCUT2D eigenvalue weighted by Gasteiger charge is 2.11. The first-order chi connectivity index (χ1) is 10.2. The number of halogens is 1. The predicted molar refractivity (Wildman–Crippen MR) is 75.2 cm³/mol. The van der Waals surface area contributed by atoms with E-state index in [2.05, 4.69) is 15.3 Å². The Morgan fingerprint density at radius 3 is 2.95 bits per heavy atom. The number of rotatable bonds is 2. The van der Waals surface area contributed by atoms with E-state index in [9.17, 15) is 9.18 Å². The Morgan fingerprint density at radius 1 is 1.29 bits per heavy atom. The van der Waals surface area contributed by atoms with Gasteiger partial charge in [0.2, 0.25) is 0 Å². The molecule has 0 aliphatic rings. The first kappa shape index (κ1) is 12.8. The van der Waals surface area contributed by atoms with Crippen LogP contribution in [0.5, 0.6) is 0 Å². The summed E-state index contributed by atoms with van der Waals surface area (Å²) in [4.78, 5) is 19.2. The fraction of sp³-hybridized carbons (Fsp3) is 0. The van der Waals surface area contributed by atoms with E-state index < -0.39 is 5.82 Å². The van der Waals surface area contributed by atoms with Crippen molar-refractivity contribution in [2.45, 2.75) is 0 Å². The third-order valence-corrected chi connectivity index (χ3v) is 3.03. The molecule has 0 saturated heterocycles. The number of aromatic amines is 1. The quantitative estimate of drug-likeness (QED) is 0.757. The van der Waals surface area contributed by atoms with Crippen molar-refractivity contribution in [2.75, 3.05) is 5.32 Å². The second-order valence-electron chi connectivity index (χ2n) is 4.39. The monoisotopic (exact) mass is 280 g/mol. The molecule has 2 aromatic carbocycles. The molecule has 0 spiro atoms. The highest BCUT2D eigenvalue weighted by Crippen LogP contribution is 2.18. The highest BCUT2D eigenvalue weighted by molar-refractivity contribution is 6.06. The molecule has 102 valence electrons. The summed E-state index contributed by atoms with van der Waals surface area (Å²) in [5.74, 6) is -0.905. The maximum Gasteiger partial charge on any atom is 0.255 e. The SMILES string of the molecule is N#Cc1cc(F)ccc1NC(=O)c1ccc2nc[nH]c2c1. The summed E-state index contributed by atoms with van der Waals surface area (Å²) in [6, 6.07) is 10.5. The Labute approximate surface area is 119 Å². The number of fused-ring (bicyclic) bond motifs is 1. The van der Waals surface area contributed by atoms with Crippen LogP contribution < -0.4 is 5.32 Å². The first-order valence-corrected chi connectivity index (χ1v) is 6.11. The third-order valence-electron chi connectivity index (χ3n) is 3.03. The van der Waals surface area contributed by atoms with Crippen molar-refractivity contribution >= 4 is 22.6 Å². The average Bonchev–Trinajstić information content (AvgIpc) is 2.96. The van der Waals surface area contributed by atoms with Gasteiger partial charge >= 0.3 is 0 Å². The molecule has 1 aromatic heterocycles. The minimum Gasteiger partial charge on any atom is -0.345 e. The number of hydrogen-bond acceptors (Lipinski definition) is 3. The lowest BCUT2D eigenvalue weighted by atomic mass is 10.1. The molecular formula is C15H9FN4O. The number of imidazole rings is 1. The van der Waals surface area contributed by atoms with Crippen LogP contribution in [0.3, 0.4) is 0 Å². The van der Waals surface area contributed by atoms with E-state index in [1.165, 1.54) is 12.1 Å². The Bertz CT molecular complexity index is 879. The topological polar surface area (TPSA) is 81.6 Å². The van der Waals surface area contributed by atoms with Gasteiger partial charge in [0.05, 0.1) is 28.6 Å². The Kier molecular flexibility index (Phi) is 3.09. The molecule has 0 bridgehead atoms. The Morgan fingerprint density at radius 2 is 2.14 bits per heavy atom. The molecule has 1 amide bonds. The fourth-order valence-electron chi connectivity index (χ4n) is 1.99. The average molecular weight is 280 g/mol. The Hall–Kier alpha value is -3.20. The number of amides is 1. The van der Waals surface area contributed by atoms with Crippen LogP contribution >= 0.6 is 0 Å². The van der Waals surface area contributed by atoms with Crippen LogP contribution in [0.25, 0.3) is 11.0 Å². The highest BCUT2D eigenvalue weighted by atomic mass is 19.1. The van der Waals surface area contributed by atoms with Crippen molar-refractivity contribution in [2.24, 2.45) is 0 Å². The maximum atomic E-state index is 13.1. The Balaban J connectivity index is 1.91. The predicted octanol–water partition coefficient (Wildman–Crippen LogP) is 2.83. The summed E-state index contributed by atoms with van der Waals surface area (Å²) < 4.78 is 13.1. The number of carbonyl (C=O) groups is 1. The second-order valence-corrected chi connectivity index (χ2v) is 4.39. The summed E-state index contributed by atoms with van der Waals surface area (Å²) in [5.41, 5.74) is 2.26. The van der Waals surface area contributed by atoms with Crippen LogP contribution in [0, 0.1) is 17.1 Å². The lowest BCUT2D eigenvalue weighted by Gasteiger charge is -2.07. The van der Waals surface area contributed by atoms with Crippen molar-refractivity contribution < 1.29 is 9.18 Å². The van der Waals surface area contributed by atoms with Crippen LogP contribution in [-0.2, 0) is 0 Å².